The van der Waals surface area contributed by atoms with Gasteiger partial charge < -0.3 is 0 Å². The van der Waals surface area contributed by atoms with Crippen molar-refractivity contribution in [1.29, 1.82) is 0 Å². The number of halogens is 4. The van der Waals surface area contributed by atoms with E-state index in [1.807, 2.05) is 6.07 Å². The average Bonchev–Trinajstić information content (AvgIpc) is 2.77. The topological polar surface area (TPSA) is 12.4 Å². The highest BCUT2D eigenvalue weighted by molar-refractivity contribution is 5.65. The summed E-state index contributed by atoms with van der Waals surface area (Å²) in [6, 6.07) is 6.95. The summed E-state index contributed by atoms with van der Waals surface area (Å²) in [6.45, 7) is 3.68. The van der Waals surface area contributed by atoms with Crippen molar-refractivity contribution in [3.05, 3.63) is 59.2 Å². The largest absolute Gasteiger partial charge is 0.298 e. The van der Waals surface area contributed by atoms with Gasteiger partial charge in [0.05, 0.1) is 0 Å². The summed E-state index contributed by atoms with van der Waals surface area (Å²) in [5.74, 6) is -2.89. The van der Waals surface area contributed by atoms with Crippen LogP contribution in [0.5, 0.6) is 0 Å². The van der Waals surface area contributed by atoms with Crippen LogP contribution in [0.4, 0.5) is 17.6 Å². The van der Waals surface area contributed by atoms with Gasteiger partial charge in [0.1, 0.15) is 5.82 Å². The first kappa shape index (κ1) is 21.1. The second kappa shape index (κ2) is 8.91. The van der Waals surface area contributed by atoms with Crippen LogP contribution in [0.3, 0.4) is 0 Å². The Kier molecular flexibility index (Phi) is 6.26. The molecule has 0 radical (unpaired) electrons. The van der Waals surface area contributed by atoms with E-state index in [0.29, 0.717) is 12.0 Å². The quantitative estimate of drug-likeness (QED) is 0.278. The Balaban J connectivity index is 1.41. The highest BCUT2D eigenvalue weighted by Gasteiger charge is 2.31. The minimum Gasteiger partial charge on any atom is -0.298 e. The normalized spacial score (nSPS) is 27.1. The van der Waals surface area contributed by atoms with Crippen LogP contribution in [0.2, 0.25) is 0 Å². The fraction of sp³-hybridized carbons (Fsp3) is 0.480. The van der Waals surface area contributed by atoms with E-state index in [1.165, 1.54) is 18.9 Å². The molecule has 2 aromatic rings. The Morgan fingerprint density at radius 3 is 1.80 bits per heavy atom. The molecule has 160 valence electrons. The molecule has 4 rings (SSSR count). The number of aliphatic imine (C=N–C) groups is 1. The van der Waals surface area contributed by atoms with Crippen molar-refractivity contribution in [2.45, 2.75) is 63.3 Å². The van der Waals surface area contributed by atoms with Crippen LogP contribution < -0.4 is 0 Å². The predicted molar refractivity (Wildman–Crippen MR) is 112 cm³/mol. The third-order valence-electron chi connectivity index (χ3n) is 7.20. The van der Waals surface area contributed by atoms with Crippen LogP contribution in [-0.2, 0) is 0 Å². The van der Waals surface area contributed by atoms with Crippen LogP contribution >= 0.6 is 0 Å². The van der Waals surface area contributed by atoms with Crippen molar-refractivity contribution in [1.82, 2.24) is 0 Å². The molecule has 0 spiro atoms. The van der Waals surface area contributed by atoms with Gasteiger partial charge in [-0.05, 0) is 105 Å². The van der Waals surface area contributed by atoms with E-state index < -0.39 is 23.3 Å². The summed E-state index contributed by atoms with van der Waals surface area (Å²) in [4.78, 5) is 4.18. The Hall–Kier alpha value is -2.17. The molecule has 2 fully saturated rings. The highest BCUT2D eigenvalue weighted by atomic mass is 19.2. The number of hydrogen-bond donors (Lipinski definition) is 0. The third kappa shape index (κ3) is 4.30. The van der Waals surface area contributed by atoms with E-state index in [9.17, 15) is 17.6 Å². The smallest absolute Gasteiger partial charge is 0.194 e. The Morgan fingerprint density at radius 2 is 1.27 bits per heavy atom. The molecule has 30 heavy (non-hydrogen) atoms. The summed E-state index contributed by atoms with van der Waals surface area (Å²) in [5.41, 5.74) is 1.01. The fourth-order valence-electron chi connectivity index (χ4n) is 5.41. The van der Waals surface area contributed by atoms with Gasteiger partial charge in [-0.25, -0.2) is 17.6 Å². The molecule has 1 nitrogen and oxygen atoms in total. The molecule has 0 aliphatic heterocycles. The van der Waals surface area contributed by atoms with Crippen LogP contribution in [0.15, 0.2) is 35.3 Å². The first-order valence-electron chi connectivity index (χ1n) is 10.9. The van der Waals surface area contributed by atoms with Gasteiger partial charge in [-0.2, -0.15) is 0 Å². The highest BCUT2D eigenvalue weighted by Crippen LogP contribution is 2.43. The second-order valence-corrected chi connectivity index (χ2v) is 8.86. The van der Waals surface area contributed by atoms with Gasteiger partial charge in [-0.3, -0.25) is 4.99 Å². The lowest BCUT2D eigenvalue weighted by Crippen LogP contribution is -2.26. The molecule has 0 amide bonds. The summed E-state index contributed by atoms with van der Waals surface area (Å²) in [6.07, 6.45) is 9.11. The van der Waals surface area contributed by atoms with Gasteiger partial charge in [0.2, 0.25) is 0 Å². The molecule has 2 aromatic carbocycles. The van der Waals surface area contributed by atoms with Gasteiger partial charge in [0.25, 0.3) is 0 Å². The molecule has 0 unspecified atom stereocenters. The predicted octanol–water partition coefficient (Wildman–Crippen LogP) is 7.44. The number of benzene rings is 2. The zero-order chi connectivity index (χ0) is 21.3. The Labute approximate surface area is 175 Å². The molecule has 0 saturated heterocycles. The van der Waals surface area contributed by atoms with Crippen molar-refractivity contribution in [3.8, 4) is 11.1 Å². The van der Waals surface area contributed by atoms with Crippen LogP contribution in [0.1, 0.15) is 62.8 Å². The summed E-state index contributed by atoms with van der Waals surface area (Å²) in [7, 11) is 0. The van der Waals surface area contributed by atoms with E-state index in [-0.39, 0.29) is 11.1 Å². The standard InChI is InChI=1S/C25H27F4N/c1-30-20-9-6-16(7-10-20)15-2-4-17(5-3-15)18-8-11-21(22(26)12-18)19-13-23(27)25(29)24(28)14-19/h8,11-17,20H,1-7,9-10H2. The molecule has 2 aliphatic carbocycles. The lowest BCUT2D eigenvalue weighted by molar-refractivity contribution is 0.178. The Morgan fingerprint density at radius 1 is 0.700 bits per heavy atom. The zero-order valence-corrected chi connectivity index (χ0v) is 17.0. The third-order valence-corrected chi connectivity index (χ3v) is 7.20. The second-order valence-electron chi connectivity index (χ2n) is 8.86. The van der Waals surface area contributed by atoms with Gasteiger partial charge in [-0.15, -0.1) is 0 Å². The van der Waals surface area contributed by atoms with E-state index >= 15 is 0 Å². The Bertz CT molecular complexity index is 886. The van der Waals surface area contributed by atoms with Gasteiger partial charge in [0.15, 0.2) is 17.5 Å². The maximum Gasteiger partial charge on any atom is 0.194 e. The molecule has 0 atom stereocenters. The molecule has 5 heteroatoms. The van der Waals surface area contributed by atoms with E-state index in [0.717, 1.165) is 68.1 Å². The molecule has 0 bridgehead atoms. The van der Waals surface area contributed by atoms with E-state index in [2.05, 4.69) is 11.7 Å². The minimum atomic E-state index is -1.54. The van der Waals surface area contributed by atoms with Crippen molar-refractivity contribution >= 4 is 6.72 Å². The maximum atomic E-state index is 14.7. The van der Waals surface area contributed by atoms with Crippen LogP contribution in [0.25, 0.3) is 11.1 Å². The molecular formula is C25H27F4N. The lowest BCUT2D eigenvalue weighted by Gasteiger charge is -2.37. The van der Waals surface area contributed by atoms with E-state index in [4.69, 9.17) is 0 Å². The summed E-state index contributed by atoms with van der Waals surface area (Å²) in [5, 5.41) is 0. The molecule has 0 heterocycles. The fourth-order valence-corrected chi connectivity index (χ4v) is 5.41. The number of rotatable bonds is 4. The van der Waals surface area contributed by atoms with E-state index in [1.54, 1.807) is 6.07 Å². The summed E-state index contributed by atoms with van der Waals surface area (Å²) >= 11 is 0. The first-order valence-corrected chi connectivity index (χ1v) is 10.9. The SMILES string of the molecule is C=NC1CCC(C2CCC(c3ccc(-c4cc(F)c(F)c(F)c4)c(F)c3)CC2)CC1. The molecule has 2 saturated carbocycles. The number of nitrogens with zero attached hydrogens (tertiary/aromatic N) is 1. The zero-order valence-electron chi connectivity index (χ0n) is 17.0. The number of hydrogen-bond acceptors (Lipinski definition) is 1. The summed E-state index contributed by atoms with van der Waals surface area (Å²) < 4.78 is 55.0. The monoisotopic (exact) mass is 417 g/mol. The molecular weight excluding hydrogens is 390 g/mol. The van der Waals surface area contributed by atoms with Crippen molar-refractivity contribution in [2.75, 3.05) is 0 Å². The first-order chi connectivity index (χ1) is 14.5. The van der Waals surface area contributed by atoms with Gasteiger partial charge >= 0.3 is 0 Å². The maximum absolute atomic E-state index is 14.7. The minimum absolute atomic E-state index is 0.00350. The average molecular weight is 417 g/mol. The van der Waals surface area contributed by atoms with Gasteiger partial charge in [0, 0.05) is 11.6 Å². The van der Waals surface area contributed by atoms with Crippen LogP contribution in [-0.4, -0.2) is 12.8 Å². The lowest BCUT2D eigenvalue weighted by atomic mass is 9.69. The van der Waals surface area contributed by atoms with Crippen LogP contribution in [0, 0.1) is 35.1 Å². The molecule has 0 N–H and O–H groups in total. The molecule has 2 aliphatic rings. The molecule has 0 aromatic heterocycles. The van der Waals surface area contributed by atoms with Crippen molar-refractivity contribution in [3.63, 3.8) is 0 Å². The van der Waals surface area contributed by atoms with Crippen molar-refractivity contribution < 1.29 is 17.6 Å². The van der Waals surface area contributed by atoms with Crippen molar-refractivity contribution in [2.24, 2.45) is 16.8 Å². The van der Waals surface area contributed by atoms with Gasteiger partial charge in [-0.1, -0.05) is 12.1 Å².